The molecule has 2 heterocycles. The Morgan fingerprint density at radius 3 is 3.08 bits per heavy atom. The van der Waals surface area contributed by atoms with E-state index in [1.165, 1.54) is 10.7 Å². The number of imidazole rings is 1. The summed E-state index contributed by atoms with van der Waals surface area (Å²) >= 11 is 0. The Balaban J connectivity index is 2.61. The van der Waals surface area contributed by atoms with E-state index in [2.05, 4.69) is 10.1 Å². The van der Waals surface area contributed by atoms with Crippen molar-refractivity contribution in [3.63, 3.8) is 0 Å². The van der Waals surface area contributed by atoms with Crippen molar-refractivity contribution in [3.8, 4) is 0 Å². The number of allylic oxidation sites excluding steroid dienone is 1. The minimum absolute atomic E-state index is 0.509. The molecule has 0 amide bonds. The van der Waals surface area contributed by atoms with Gasteiger partial charge in [-0.2, -0.15) is 14.5 Å². The third kappa shape index (κ3) is 1.42. The fraction of sp³-hybridized carbons (Fsp3) is 0.111. The van der Waals surface area contributed by atoms with Gasteiger partial charge in [0.05, 0.1) is 11.9 Å². The number of halogens is 1. The van der Waals surface area contributed by atoms with Crippen LogP contribution in [0.15, 0.2) is 24.4 Å². The minimum Gasteiger partial charge on any atom is -0.217 e. The fourth-order valence-corrected chi connectivity index (χ4v) is 1.13. The second-order valence-electron chi connectivity index (χ2n) is 2.62. The summed E-state index contributed by atoms with van der Waals surface area (Å²) in [6.07, 6.45) is 4.97. The second-order valence-corrected chi connectivity index (χ2v) is 2.62. The van der Waals surface area contributed by atoms with Crippen molar-refractivity contribution in [3.05, 3.63) is 36.0 Å². The highest BCUT2D eigenvalue weighted by Gasteiger charge is 2.00. The standard InChI is InChI=1S/C9H8FN3/c1-2-3-7-4-5-9-11-8(10)6-13(9)12-7/h2-6H,1H3. The van der Waals surface area contributed by atoms with Crippen LogP contribution in [-0.2, 0) is 0 Å². The molecule has 0 aliphatic carbocycles. The van der Waals surface area contributed by atoms with E-state index in [0.717, 1.165) is 5.69 Å². The number of hydrogen-bond acceptors (Lipinski definition) is 2. The largest absolute Gasteiger partial charge is 0.233 e. The molecular formula is C9H8FN3. The van der Waals surface area contributed by atoms with Crippen molar-refractivity contribution in [2.45, 2.75) is 6.92 Å². The highest BCUT2D eigenvalue weighted by Crippen LogP contribution is 2.04. The van der Waals surface area contributed by atoms with Gasteiger partial charge in [0.2, 0.25) is 5.95 Å². The lowest BCUT2D eigenvalue weighted by Crippen LogP contribution is -1.91. The Kier molecular flexibility index (Phi) is 1.81. The molecule has 0 atom stereocenters. The maximum Gasteiger partial charge on any atom is 0.233 e. The summed E-state index contributed by atoms with van der Waals surface area (Å²) in [6, 6.07) is 3.52. The molecule has 2 aromatic rings. The Morgan fingerprint density at radius 1 is 1.46 bits per heavy atom. The van der Waals surface area contributed by atoms with Crippen LogP contribution in [-0.4, -0.2) is 14.6 Å². The number of rotatable bonds is 1. The van der Waals surface area contributed by atoms with E-state index < -0.39 is 5.95 Å². The van der Waals surface area contributed by atoms with Gasteiger partial charge in [-0.25, -0.2) is 4.52 Å². The molecule has 3 nitrogen and oxygen atoms in total. The zero-order valence-electron chi connectivity index (χ0n) is 7.11. The topological polar surface area (TPSA) is 30.2 Å². The Hall–Kier alpha value is -1.71. The predicted octanol–water partition coefficient (Wildman–Crippen LogP) is 1.90. The summed E-state index contributed by atoms with van der Waals surface area (Å²) in [5, 5.41) is 4.11. The van der Waals surface area contributed by atoms with Gasteiger partial charge in [-0.1, -0.05) is 6.08 Å². The SMILES string of the molecule is CC=Cc1ccc2nc(F)cn2n1. The Bertz CT molecular complexity index is 459. The molecule has 0 aliphatic heterocycles. The molecule has 0 radical (unpaired) electrons. The predicted molar refractivity (Wildman–Crippen MR) is 47.7 cm³/mol. The monoisotopic (exact) mass is 177 g/mol. The first-order chi connectivity index (χ1) is 6.29. The highest BCUT2D eigenvalue weighted by atomic mass is 19.1. The molecule has 0 fully saturated rings. The first kappa shape index (κ1) is 7.91. The van der Waals surface area contributed by atoms with E-state index in [1.807, 2.05) is 19.1 Å². The van der Waals surface area contributed by atoms with Gasteiger partial charge in [0, 0.05) is 0 Å². The summed E-state index contributed by atoms with van der Waals surface area (Å²) in [5.74, 6) is -0.509. The summed E-state index contributed by atoms with van der Waals surface area (Å²) < 4.78 is 14.1. The van der Waals surface area contributed by atoms with Crippen LogP contribution in [0.1, 0.15) is 12.6 Å². The second kappa shape index (κ2) is 2.97. The molecule has 4 heteroatoms. The highest BCUT2D eigenvalue weighted by molar-refractivity contribution is 5.47. The summed E-state index contributed by atoms with van der Waals surface area (Å²) in [6.45, 7) is 1.90. The molecule has 0 bridgehead atoms. The maximum atomic E-state index is 12.6. The minimum atomic E-state index is -0.509. The number of hydrogen-bond donors (Lipinski definition) is 0. The Labute approximate surface area is 74.5 Å². The molecule has 13 heavy (non-hydrogen) atoms. The van der Waals surface area contributed by atoms with Crippen molar-refractivity contribution in [2.75, 3.05) is 0 Å². The van der Waals surface area contributed by atoms with Gasteiger partial charge in [0.25, 0.3) is 0 Å². The van der Waals surface area contributed by atoms with Crippen LogP contribution in [0.3, 0.4) is 0 Å². The number of nitrogens with zero attached hydrogens (tertiary/aromatic N) is 3. The van der Waals surface area contributed by atoms with Gasteiger partial charge >= 0.3 is 0 Å². The summed E-state index contributed by atoms with van der Waals surface area (Å²) in [5.41, 5.74) is 1.30. The smallest absolute Gasteiger partial charge is 0.217 e. The van der Waals surface area contributed by atoms with Crippen LogP contribution in [0, 0.1) is 5.95 Å². The average molecular weight is 177 g/mol. The number of aromatic nitrogens is 3. The van der Waals surface area contributed by atoms with Crippen LogP contribution in [0.5, 0.6) is 0 Å². The van der Waals surface area contributed by atoms with E-state index in [9.17, 15) is 4.39 Å². The maximum absolute atomic E-state index is 12.6. The van der Waals surface area contributed by atoms with E-state index in [4.69, 9.17) is 0 Å². The molecule has 0 spiro atoms. The molecule has 0 aliphatic rings. The van der Waals surface area contributed by atoms with E-state index in [1.54, 1.807) is 12.1 Å². The van der Waals surface area contributed by atoms with Gasteiger partial charge in [0.15, 0.2) is 5.65 Å². The first-order valence-corrected chi connectivity index (χ1v) is 3.94. The van der Waals surface area contributed by atoms with Crippen LogP contribution >= 0.6 is 0 Å². The third-order valence-electron chi connectivity index (χ3n) is 1.65. The molecular weight excluding hydrogens is 169 g/mol. The molecule has 0 aromatic carbocycles. The van der Waals surface area contributed by atoms with Crippen molar-refractivity contribution in [2.24, 2.45) is 0 Å². The molecule has 0 saturated heterocycles. The van der Waals surface area contributed by atoms with Gasteiger partial charge < -0.3 is 0 Å². The molecule has 0 N–H and O–H groups in total. The van der Waals surface area contributed by atoms with E-state index in [-0.39, 0.29) is 0 Å². The molecule has 2 aromatic heterocycles. The van der Waals surface area contributed by atoms with Crippen molar-refractivity contribution >= 4 is 11.7 Å². The van der Waals surface area contributed by atoms with Crippen molar-refractivity contribution in [1.29, 1.82) is 0 Å². The summed E-state index contributed by atoms with van der Waals surface area (Å²) in [4.78, 5) is 3.62. The molecule has 2 rings (SSSR count). The van der Waals surface area contributed by atoms with Gasteiger partial charge in [-0.15, -0.1) is 0 Å². The van der Waals surface area contributed by atoms with E-state index >= 15 is 0 Å². The van der Waals surface area contributed by atoms with Crippen LogP contribution in [0.2, 0.25) is 0 Å². The van der Waals surface area contributed by atoms with Gasteiger partial charge in [0.1, 0.15) is 0 Å². The average Bonchev–Trinajstić information content (AvgIpc) is 2.44. The summed E-state index contributed by atoms with van der Waals surface area (Å²) in [7, 11) is 0. The lowest BCUT2D eigenvalue weighted by molar-refractivity contribution is 0.591. The fourth-order valence-electron chi connectivity index (χ4n) is 1.13. The van der Waals surface area contributed by atoms with Crippen LogP contribution < -0.4 is 0 Å². The van der Waals surface area contributed by atoms with E-state index in [0.29, 0.717) is 5.65 Å². The molecule has 0 saturated carbocycles. The zero-order chi connectivity index (χ0) is 9.26. The van der Waals surface area contributed by atoms with Crippen LogP contribution in [0.4, 0.5) is 4.39 Å². The lowest BCUT2D eigenvalue weighted by Gasteiger charge is -1.93. The van der Waals surface area contributed by atoms with Gasteiger partial charge in [-0.05, 0) is 25.1 Å². The van der Waals surface area contributed by atoms with Crippen LogP contribution in [0.25, 0.3) is 11.7 Å². The normalized spacial score (nSPS) is 11.5. The van der Waals surface area contributed by atoms with Crippen molar-refractivity contribution in [1.82, 2.24) is 14.6 Å². The molecule has 0 unspecified atom stereocenters. The molecule has 66 valence electrons. The zero-order valence-corrected chi connectivity index (χ0v) is 7.11. The number of fused-ring (bicyclic) bond motifs is 1. The van der Waals surface area contributed by atoms with Crippen molar-refractivity contribution < 1.29 is 4.39 Å². The Morgan fingerprint density at radius 2 is 2.31 bits per heavy atom. The van der Waals surface area contributed by atoms with Gasteiger partial charge in [-0.3, -0.25) is 0 Å². The quantitative estimate of drug-likeness (QED) is 0.666. The first-order valence-electron chi connectivity index (χ1n) is 3.94. The third-order valence-corrected chi connectivity index (χ3v) is 1.65. The lowest BCUT2D eigenvalue weighted by atomic mass is 10.3.